The summed E-state index contributed by atoms with van der Waals surface area (Å²) in [6.07, 6.45) is 10.6. The number of nitrogens with one attached hydrogen (secondary N) is 2. The molecular formula is C43H39N7O10S7. The molecule has 8 heterocycles. The van der Waals surface area contributed by atoms with Gasteiger partial charge in [-0.15, -0.1) is 31.5 Å². The molecule has 24 heteroatoms. The monoisotopic (exact) mass is 1040 g/mol. The largest absolute Gasteiger partial charge is 0.511 e. The second-order valence-corrected chi connectivity index (χ2v) is 26.4. The lowest BCUT2D eigenvalue weighted by molar-refractivity contribution is -0.133. The smallest absolute Gasteiger partial charge is 0.287 e. The molecule has 4 aliphatic carbocycles. The molecule has 17 nitrogen and oxygen atoms in total. The molecule has 0 spiro atoms. The fourth-order valence-corrected chi connectivity index (χ4v) is 18.7. The molecule has 8 unspecified atom stereocenters. The fourth-order valence-electron chi connectivity index (χ4n) is 11.4. The lowest BCUT2D eigenvalue weighted by Crippen LogP contribution is -2.53. The highest BCUT2D eigenvalue weighted by molar-refractivity contribution is 7.91. The van der Waals surface area contributed by atoms with Crippen LogP contribution in [0.5, 0.6) is 0 Å². The molecule has 2 saturated carbocycles. The number of fused-ring (bicyclic) bond motifs is 12. The van der Waals surface area contributed by atoms with Crippen LogP contribution in [0.3, 0.4) is 0 Å². The number of carbonyl (C=O) groups is 2. The Morgan fingerprint density at radius 3 is 1.49 bits per heavy atom. The molecule has 0 aromatic carbocycles. The van der Waals surface area contributed by atoms with Crippen molar-refractivity contribution in [3.8, 4) is 0 Å². The summed E-state index contributed by atoms with van der Waals surface area (Å²) in [5.74, 6) is -3.13. The summed E-state index contributed by atoms with van der Waals surface area (Å²) < 4.78 is 92.6. The van der Waals surface area contributed by atoms with Gasteiger partial charge in [-0.2, -0.15) is 43.8 Å². The van der Waals surface area contributed by atoms with Gasteiger partial charge in [-0.3, -0.25) is 9.59 Å². The maximum atomic E-state index is 14.3. The molecule has 67 heavy (non-hydrogen) atoms. The maximum Gasteiger partial charge on any atom is 0.287 e. The number of hydrogen-bond donors (Lipinski definition) is 4. The molecule has 2 fully saturated rings. The fraction of sp³-hybridized carbons (Fsp3) is 0.349. The first kappa shape index (κ1) is 43.3. The summed E-state index contributed by atoms with van der Waals surface area (Å²) in [6.45, 7) is -0.474. The van der Waals surface area contributed by atoms with Crippen LogP contribution in [0, 0.1) is 35.5 Å². The van der Waals surface area contributed by atoms with Gasteiger partial charge in [0.05, 0.1) is 6.26 Å². The van der Waals surface area contributed by atoms with Crippen LogP contribution in [0.15, 0.2) is 110 Å². The quantitative estimate of drug-likeness (QED) is 0.127. The van der Waals surface area contributed by atoms with Crippen molar-refractivity contribution in [2.24, 2.45) is 44.3 Å². The van der Waals surface area contributed by atoms with Gasteiger partial charge in [-0.05, 0) is 92.1 Å². The number of rotatable bonds is 11. The molecule has 4 bridgehead atoms. The zero-order chi connectivity index (χ0) is 46.5. The standard InChI is InChI=1S/C43H39N7O10S7/c1-65(55,56)48(14-26-18-63-40-36(26)66(57,58)46-38(44-40)30-34(51)28-22-2-4-24(10-22)32(28)49(42(30)53)12-20-6-8-61-16-20)15-27-19-64-41-37(27)67(59,60)47-39(45-41)31-35(52)29-23-3-5-25(11-23)33(29)50(43(31)54)13-21-7-9-62-17-21/h2-9,16-19,22-25,28-29,32-33,51-52H,10-15H2,1H3,(H,44,46)(H,45,47). The molecule has 0 saturated heterocycles. The van der Waals surface area contributed by atoms with Crippen LogP contribution in [-0.4, -0.2) is 91.4 Å². The minimum Gasteiger partial charge on any atom is -0.511 e. The minimum atomic E-state index is -4.61. The van der Waals surface area contributed by atoms with Crippen molar-refractivity contribution >= 4 is 109 Å². The summed E-state index contributed by atoms with van der Waals surface area (Å²) >= 11 is 4.89. The van der Waals surface area contributed by atoms with E-state index in [0.29, 0.717) is 0 Å². The molecular weight excluding hydrogens is 999 g/mol. The third-order valence-corrected chi connectivity index (χ3v) is 21.8. The Bertz CT molecular complexity index is 3160. The van der Waals surface area contributed by atoms with Gasteiger partial charge in [0.1, 0.15) is 42.5 Å². The predicted molar refractivity (Wildman–Crippen MR) is 254 cm³/mol. The maximum absolute atomic E-state index is 14.3. The lowest BCUT2D eigenvalue weighted by atomic mass is 9.80. The number of carbonyl (C=O) groups excluding carboxylic acids is 2. The molecule has 4 aromatic heterocycles. The zero-order valence-corrected chi connectivity index (χ0v) is 40.8. The van der Waals surface area contributed by atoms with Crippen molar-refractivity contribution < 1.29 is 45.1 Å². The third kappa shape index (κ3) is 6.79. The van der Waals surface area contributed by atoms with E-state index in [2.05, 4.69) is 31.6 Å². The molecule has 2 amide bonds. The van der Waals surface area contributed by atoms with E-state index < -0.39 is 66.8 Å². The van der Waals surface area contributed by atoms with Gasteiger partial charge in [0.15, 0.2) is 11.7 Å². The number of thiophene rings is 4. The van der Waals surface area contributed by atoms with Crippen molar-refractivity contribution in [3.05, 3.63) is 114 Å². The van der Waals surface area contributed by atoms with E-state index in [1.165, 1.54) is 33.4 Å². The van der Waals surface area contributed by atoms with Crippen LogP contribution in [0.2, 0.25) is 0 Å². The number of hydrogen-bond acceptors (Lipinski definition) is 16. The average Bonchev–Trinajstić information content (AvgIpc) is 4.12. The van der Waals surface area contributed by atoms with Crippen LogP contribution in [0.1, 0.15) is 35.1 Å². The number of amidine groups is 2. The number of anilines is 2. The number of nitrogens with zero attached hydrogens (tertiary/aromatic N) is 5. The van der Waals surface area contributed by atoms with Gasteiger partial charge in [0.2, 0.25) is 10.0 Å². The van der Waals surface area contributed by atoms with E-state index in [-0.39, 0.29) is 114 Å². The highest BCUT2D eigenvalue weighted by atomic mass is 32.2. The third-order valence-electron chi connectivity index (χ3n) is 14.2. The Morgan fingerprint density at radius 1 is 0.687 bits per heavy atom. The topological polar surface area (TPSA) is 236 Å². The molecule has 4 aromatic rings. The van der Waals surface area contributed by atoms with Gasteiger partial charge in [0.25, 0.3) is 31.9 Å². The van der Waals surface area contributed by atoms with Crippen molar-refractivity contribution in [2.75, 3.05) is 16.9 Å². The second-order valence-electron chi connectivity index (χ2n) is 18.0. The first-order valence-electron chi connectivity index (χ1n) is 21.2. The van der Waals surface area contributed by atoms with Crippen LogP contribution >= 0.6 is 45.3 Å². The first-order valence-corrected chi connectivity index (χ1v) is 29.6. The molecule has 348 valence electrons. The Labute approximate surface area is 401 Å². The summed E-state index contributed by atoms with van der Waals surface area (Å²) in [4.78, 5) is 31.4. The Hall–Kier alpha value is -4.95. The van der Waals surface area contributed by atoms with Gasteiger partial charge >= 0.3 is 0 Å². The van der Waals surface area contributed by atoms with Crippen LogP contribution in [-0.2, 0) is 65.8 Å². The summed E-state index contributed by atoms with van der Waals surface area (Å²) in [6, 6.07) is 3.21. The summed E-state index contributed by atoms with van der Waals surface area (Å²) in [7, 11) is -13.4. The number of aliphatic hydroxyl groups is 2. The molecule has 8 atom stereocenters. The minimum absolute atomic E-state index is 0.0389. The molecule has 0 radical (unpaired) electrons. The number of aliphatic hydroxyl groups excluding tert-OH is 2. The summed E-state index contributed by atoms with van der Waals surface area (Å²) in [5, 5.41) is 40.2. The van der Waals surface area contributed by atoms with Gasteiger partial charge in [-0.1, -0.05) is 24.3 Å². The average molecular weight is 1040 g/mol. The van der Waals surface area contributed by atoms with Crippen molar-refractivity contribution in [1.29, 1.82) is 0 Å². The van der Waals surface area contributed by atoms with E-state index in [1.54, 1.807) is 9.80 Å². The number of sulfonamides is 3. The van der Waals surface area contributed by atoms with E-state index in [0.717, 1.165) is 57.2 Å². The molecule has 4 N–H and O–H groups in total. The first-order chi connectivity index (χ1) is 32.0. The van der Waals surface area contributed by atoms with Crippen LogP contribution in [0.4, 0.5) is 10.0 Å². The number of allylic oxidation sites excluding steroid dienone is 2. The zero-order valence-electron chi connectivity index (χ0n) is 35.0. The summed E-state index contributed by atoms with van der Waals surface area (Å²) in [5.41, 5.74) is 1.45. The van der Waals surface area contributed by atoms with Gasteiger partial charge in [0, 0.05) is 61.2 Å². The van der Waals surface area contributed by atoms with Crippen molar-refractivity contribution in [2.45, 2.75) is 60.9 Å². The molecule has 8 aliphatic rings. The Morgan fingerprint density at radius 2 is 1.10 bits per heavy atom. The van der Waals surface area contributed by atoms with E-state index in [4.69, 9.17) is 0 Å². The highest BCUT2D eigenvalue weighted by Crippen LogP contribution is 2.54. The van der Waals surface area contributed by atoms with E-state index >= 15 is 0 Å². The SMILES string of the molecule is CS(=O)(=O)N(Cc1csc2c1S(=O)(=O)N=C(C1=C(O)C3C4C=CC(C4)C3N(Cc3ccsc3)C1=O)N2)Cc1csc2c1S(=O)(=O)N=C(C1=C(O)C3C4C=CC(C4)C3N(Cc3ccsc3)C1=O)N2. The van der Waals surface area contributed by atoms with Gasteiger partial charge in [-0.25, -0.2) is 8.42 Å². The second kappa shape index (κ2) is 15.3. The van der Waals surface area contributed by atoms with Crippen molar-refractivity contribution in [3.63, 3.8) is 0 Å². The molecule has 4 aliphatic heterocycles. The Kier molecular flexibility index (Phi) is 9.88. The normalized spacial score (nSPS) is 29.5. The van der Waals surface area contributed by atoms with E-state index in [1.807, 2.05) is 45.8 Å². The van der Waals surface area contributed by atoms with Crippen molar-refractivity contribution in [1.82, 2.24) is 14.1 Å². The predicted octanol–water partition coefficient (Wildman–Crippen LogP) is 6.01. The highest BCUT2D eigenvalue weighted by Gasteiger charge is 2.57. The van der Waals surface area contributed by atoms with E-state index in [9.17, 15) is 45.1 Å². The Balaban J connectivity index is 0.828. The molecule has 12 rings (SSSR count). The lowest BCUT2D eigenvalue weighted by Gasteiger charge is -2.42. The number of amides is 2. The van der Waals surface area contributed by atoms with Gasteiger partial charge < -0.3 is 30.6 Å². The van der Waals surface area contributed by atoms with Crippen LogP contribution < -0.4 is 10.6 Å². The van der Waals surface area contributed by atoms with Crippen LogP contribution in [0.25, 0.3) is 0 Å².